The van der Waals surface area contributed by atoms with Crippen LogP contribution in [0.25, 0.3) is 5.65 Å². The van der Waals surface area contributed by atoms with Crippen molar-refractivity contribution >= 4 is 34.8 Å². The zero-order valence-electron chi connectivity index (χ0n) is 14.5. The molecule has 0 radical (unpaired) electrons. The van der Waals surface area contributed by atoms with E-state index in [9.17, 15) is 13.6 Å². The lowest BCUT2D eigenvalue weighted by molar-refractivity contribution is 0.0953. The van der Waals surface area contributed by atoms with Crippen molar-refractivity contribution in [2.75, 3.05) is 6.54 Å². The third-order valence-electron chi connectivity index (χ3n) is 3.92. The van der Waals surface area contributed by atoms with Gasteiger partial charge in [0.1, 0.15) is 21.4 Å². The molecule has 0 bridgehead atoms. The fraction of sp³-hybridized carbons (Fsp3) is 0.375. The summed E-state index contributed by atoms with van der Waals surface area (Å²) < 4.78 is 28.8. The van der Waals surface area contributed by atoms with Crippen molar-refractivity contribution in [1.82, 2.24) is 29.7 Å². The average Bonchev–Trinajstić information content (AvgIpc) is 3.14. The standard InChI is InChI=1S/C16H16Cl2F2N6O/c1-8-6-11(14(19)20)26-15(23-8)10(7-22-26)16(27)21-4-3-5-25-13(18)12(17)9(2)24-25/h6-7,14H,3-5H2,1-2H3,(H,21,27). The number of amides is 1. The number of nitrogens with zero attached hydrogens (tertiary/aromatic N) is 5. The summed E-state index contributed by atoms with van der Waals surface area (Å²) in [5.41, 5.74) is 0.940. The van der Waals surface area contributed by atoms with E-state index in [1.807, 2.05) is 0 Å². The number of halogens is 4. The Balaban J connectivity index is 1.67. The van der Waals surface area contributed by atoms with Crippen molar-refractivity contribution in [2.24, 2.45) is 0 Å². The molecule has 1 amide bonds. The van der Waals surface area contributed by atoms with Crippen LogP contribution < -0.4 is 5.32 Å². The van der Waals surface area contributed by atoms with E-state index in [-0.39, 0.29) is 16.9 Å². The smallest absolute Gasteiger partial charge is 0.280 e. The van der Waals surface area contributed by atoms with Crippen molar-refractivity contribution in [3.8, 4) is 0 Å². The molecule has 0 aliphatic carbocycles. The average molecular weight is 417 g/mol. The molecule has 7 nitrogen and oxygen atoms in total. The molecule has 144 valence electrons. The zero-order valence-corrected chi connectivity index (χ0v) is 16.0. The highest BCUT2D eigenvalue weighted by atomic mass is 35.5. The van der Waals surface area contributed by atoms with Crippen molar-refractivity contribution in [3.05, 3.63) is 45.1 Å². The molecule has 0 aliphatic rings. The zero-order chi connectivity index (χ0) is 19.7. The molecular weight excluding hydrogens is 401 g/mol. The van der Waals surface area contributed by atoms with E-state index in [0.717, 1.165) is 4.52 Å². The van der Waals surface area contributed by atoms with Crippen LogP contribution in [0.15, 0.2) is 12.3 Å². The van der Waals surface area contributed by atoms with E-state index in [1.54, 1.807) is 18.5 Å². The molecule has 27 heavy (non-hydrogen) atoms. The molecule has 0 unspecified atom stereocenters. The summed E-state index contributed by atoms with van der Waals surface area (Å²) in [6, 6.07) is 1.24. The number of nitrogens with one attached hydrogen (secondary N) is 1. The number of aromatic nitrogens is 5. The number of alkyl halides is 2. The first-order valence-electron chi connectivity index (χ1n) is 8.09. The van der Waals surface area contributed by atoms with Gasteiger partial charge in [0.25, 0.3) is 12.3 Å². The Morgan fingerprint density at radius 2 is 2.07 bits per heavy atom. The molecule has 0 spiro atoms. The SMILES string of the molecule is Cc1cc(C(F)F)n2ncc(C(=O)NCCCn3nc(C)c(Cl)c3Cl)c2n1. The van der Waals surface area contributed by atoms with Crippen LogP contribution in [0.2, 0.25) is 10.2 Å². The Bertz CT molecular complexity index is 1000. The first kappa shape index (κ1) is 19.5. The molecule has 0 atom stereocenters. The molecule has 0 aliphatic heterocycles. The quantitative estimate of drug-likeness (QED) is 0.622. The van der Waals surface area contributed by atoms with Gasteiger partial charge in [-0.2, -0.15) is 10.2 Å². The predicted octanol–water partition coefficient (Wildman–Crippen LogP) is 3.61. The minimum atomic E-state index is -2.72. The van der Waals surface area contributed by atoms with E-state index < -0.39 is 12.3 Å². The summed E-state index contributed by atoms with van der Waals surface area (Å²) in [5, 5.41) is 11.5. The highest BCUT2D eigenvalue weighted by molar-refractivity contribution is 6.41. The summed E-state index contributed by atoms with van der Waals surface area (Å²) in [6.45, 7) is 4.13. The van der Waals surface area contributed by atoms with Gasteiger partial charge in [0.2, 0.25) is 0 Å². The maximum atomic E-state index is 13.1. The molecule has 3 heterocycles. The van der Waals surface area contributed by atoms with Crippen LogP contribution in [-0.4, -0.2) is 36.8 Å². The molecule has 3 rings (SSSR count). The van der Waals surface area contributed by atoms with E-state index in [2.05, 4.69) is 20.5 Å². The van der Waals surface area contributed by atoms with Gasteiger partial charge in [0.05, 0.1) is 11.9 Å². The maximum absolute atomic E-state index is 13.1. The molecule has 1 N–H and O–H groups in total. The van der Waals surface area contributed by atoms with Crippen LogP contribution >= 0.6 is 23.2 Å². The molecule has 0 aromatic carbocycles. The summed E-state index contributed by atoms with van der Waals surface area (Å²) in [6.07, 6.45) is -0.938. The van der Waals surface area contributed by atoms with Crippen molar-refractivity contribution < 1.29 is 13.6 Å². The van der Waals surface area contributed by atoms with Crippen LogP contribution in [0.4, 0.5) is 8.78 Å². The monoisotopic (exact) mass is 416 g/mol. The number of carbonyl (C=O) groups excluding carboxylic acids is 1. The summed E-state index contributed by atoms with van der Waals surface area (Å²) in [7, 11) is 0. The lowest BCUT2D eigenvalue weighted by atomic mass is 10.3. The second-order valence-electron chi connectivity index (χ2n) is 5.94. The van der Waals surface area contributed by atoms with Gasteiger partial charge >= 0.3 is 0 Å². The lowest BCUT2D eigenvalue weighted by Gasteiger charge is -2.07. The fourth-order valence-corrected chi connectivity index (χ4v) is 3.03. The minimum absolute atomic E-state index is 0.0975. The molecule has 0 saturated heterocycles. The number of fused-ring (bicyclic) bond motifs is 1. The Morgan fingerprint density at radius 1 is 1.33 bits per heavy atom. The van der Waals surface area contributed by atoms with Crippen LogP contribution in [0, 0.1) is 13.8 Å². The van der Waals surface area contributed by atoms with Crippen molar-refractivity contribution in [1.29, 1.82) is 0 Å². The van der Waals surface area contributed by atoms with Gasteiger partial charge in [-0.05, 0) is 26.3 Å². The first-order chi connectivity index (χ1) is 12.8. The summed E-state index contributed by atoms with van der Waals surface area (Å²) in [5.74, 6) is -0.441. The van der Waals surface area contributed by atoms with Gasteiger partial charge in [0, 0.05) is 18.8 Å². The molecule has 3 aromatic heterocycles. The van der Waals surface area contributed by atoms with Crippen LogP contribution in [-0.2, 0) is 6.54 Å². The number of rotatable bonds is 6. The third-order valence-corrected chi connectivity index (χ3v) is 4.86. The van der Waals surface area contributed by atoms with Crippen molar-refractivity contribution in [2.45, 2.75) is 33.2 Å². The first-order valence-corrected chi connectivity index (χ1v) is 8.85. The maximum Gasteiger partial charge on any atom is 0.280 e. The minimum Gasteiger partial charge on any atom is -0.352 e. The Morgan fingerprint density at radius 3 is 2.70 bits per heavy atom. The van der Waals surface area contributed by atoms with E-state index in [0.29, 0.717) is 41.1 Å². The second kappa shape index (κ2) is 7.77. The van der Waals surface area contributed by atoms with Gasteiger partial charge < -0.3 is 5.32 Å². The fourth-order valence-electron chi connectivity index (χ4n) is 2.63. The number of hydrogen-bond acceptors (Lipinski definition) is 4. The predicted molar refractivity (Wildman–Crippen MR) is 96.6 cm³/mol. The molecule has 3 aromatic rings. The summed E-state index contributed by atoms with van der Waals surface area (Å²) >= 11 is 12.0. The molecule has 0 saturated carbocycles. The topological polar surface area (TPSA) is 77.1 Å². The van der Waals surface area contributed by atoms with Gasteiger partial charge in [-0.1, -0.05) is 23.2 Å². The van der Waals surface area contributed by atoms with E-state index >= 15 is 0 Å². The normalized spacial score (nSPS) is 11.5. The second-order valence-corrected chi connectivity index (χ2v) is 6.68. The number of aryl methyl sites for hydroxylation is 3. The highest BCUT2D eigenvalue weighted by Crippen LogP contribution is 2.25. The van der Waals surface area contributed by atoms with Crippen LogP contribution in [0.3, 0.4) is 0 Å². The number of carbonyl (C=O) groups is 1. The largest absolute Gasteiger partial charge is 0.352 e. The third kappa shape index (κ3) is 3.89. The highest BCUT2D eigenvalue weighted by Gasteiger charge is 2.20. The Hall–Kier alpha value is -2.26. The van der Waals surface area contributed by atoms with Gasteiger partial charge in [-0.15, -0.1) is 0 Å². The molecule has 11 heteroatoms. The van der Waals surface area contributed by atoms with Crippen molar-refractivity contribution in [3.63, 3.8) is 0 Å². The van der Waals surface area contributed by atoms with E-state index in [4.69, 9.17) is 23.2 Å². The van der Waals surface area contributed by atoms with Gasteiger partial charge in [-0.25, -0.2) is 18.3 Å². The van der Waals surface area contributed by atoms with Gasteiger partial charge in [-0.3, -0.25) is 9.48 Å². The summed E-state index contributed by atoms with van der Waals surface area (Å²) in [4.78, 5) is 16.5. The Labute approximate surface area is 163 Å². The molecular formula is C16H16Cl2F2N6O. The Kier molecular flexibility index (Phi) is 5.61. The molecule has 0 fully saturated rings. The van der Waals surface area contributed by atoms with Gasteiger partial charge in [0.15, 0.2) is 5.65 Å². The van der Waals surface area contributed by atoms with E-state index in [1.165, 1.54) is 12.3 Å². The van der Waals surface area contributed by atoms with Crippen LogP contribution in [0.1, 0.15) is 40.3 Å². The van der Waals surface area contributed by atoms with Crippen LogP contribution in [0.5, 0.6) is 0 Å². The lowest BCUT2D eigenvalue weighted by Crippen LogP contribution is -2.25. The number of hydrogen-bond donors (Lipinski definition) is 1.